The summed E-state index contributed by atoms with van der Waals surface area (Å²) in [5, 5.41) is 7.47. The minimum atomic E-state index is -0.109. The number of nitrogens with one attached hydrogen (secondary N) is 1. The molecule has 3 rings (SSSR count). The van der Waals surface area contributed by atoms with Gasteiger partial charge in [-0.1, -0.05) is 48.5 Å². The zero-order valence-electron chi connectivity index (χ0n) is 16.2. The summed E-state index contributed by atoms with van der Waals surface area (Å²) < 4.78 is 4.81. The molecular weight excluding hydrogens is 374 g/mol. The topological polar surface area (TPSA) is 79.4 Å². The summed E-state index contributed by atoms with van der Waals surface area (Å²) in [5.41, 5.74) is 9.78. The number of ether oxygens (including phenoxy) is 1. The van der Waals surface area contributed by atoms with Crippen LogP contribution in [0, 0.1) is 11.3 Å². The molecule has 1 aliphatic heterocycles. The number of esters is 1. The molecule has 1 saturated heterocycles. The molecular formula is C22H28ClN3O2. The smallest absolute Gasteiger partial charge is 0.305 e. The highest BCUT2D eigenvalue weighted by atomic mass is 35.5. The van der Waals surface area contributed by atoms with E-state index in [4.69, 9.17) is 15.9 Å². The van der Waals surface area contributed by atoms with Crippen LogP contribution in [0.4, 0.5) is 0 Å². The van der Waals surface area contributed by atoms with E-state index < -0.39 is 0 Å². The molecule has 28 heavy (non-hydrogen) atoms. The van der Waals surface area contributed by atoms with Gasteiger partial charge in [0.2, 0.25) is 0 Å². The lowest BCUT2D eigenvalue weighted by Crippen LogP contribution is -2.35. The van der Waals surface area contributed by atoms with Crippen LogP contribution in [-0.2, 0) is 16.1 Å². The van der Waals surface area contributed by atoms with Crippen molar-refractivity contribution in [2.45, 2.75) is 25.8 Å². The van der Waals surface area contributed by atoms with Crippen LogP contribution in [0.15, 0.2) is 48.5 Å². The first-order valence-corrected chi connectivity index (χ1v) is 9.38. The van der Waals surface area contributed by atoms with E-state index in [1.807, 2.05) is 24.3 Å². The van der Waals surface area contributed by atoms with Crippen LogP contribution >= 0.6 is 12.4 Å². The lowest BCUT2D eigenvalue weighted by molar-refractivity contribution is -0.142. The number of rotatable bonds is 6. The van der Waals surface area contributed by atoms with Gasteiger partial charge < -0.3 is 10.5 Å². The highest BCUT2D eigenvalue weighted by Crippen LogP contribution is 2.24. The maximum absolute atomic E-state index is 11.5. The normalized spacial score (nSPS) is 16.8. The van der Waals surface area contributed by atoms with E-state index in [9.17, 15) is 4.79 Å². The molecule has 0 aliphatic carbocycles. The van der Waals surface area contributed by atoms with Crippen molar-refractivity contribution in [3.8, 4) is 11.1 Å². The number of amidine groups is 1. The van der Waals surface area contributed by atoms with Crippen molar-refractivity contribution < 1.29 is 9.53 Å². The van der Waals surface area contributed by atoms with Crippen LogP contribution in [0.5, 0.6) is 0 Å². The predicted octanol–water partition coefficient (Wildman–Crippen LogP) is 3.83. The molecule has 1 atom stereocenters. The predicted molar refractivity (Wildman–Crippen MR) is 115 cm³/mol. The Morgan fingerprint density at radius 1 is 1.14 bits per heavy atom. The van der Waals surface area contributed by atoms with Crippen molar-refractivity contribution in [3.63, 3.8) is 0 Å². The Kier molecular flexibility index (Phi) is 8.03. The van der Waals surface area contributed by atoms with Crippen molar-refractivity contribution >= 4 is 24.2 Å². The van der Waals surface area contributed by atoms with E-state index in [2.05, 4.69) is 29.2 Å². The molecule has 0 radical (unpaired) electrons. The van der Waals surface area contributed by atoms with Crippen molar-refractivity contribution in [1.82, 2.24) is 4.90 Å². The Bertz CT molecular complexity index is 790. The number of hydrogen-bond acceptors (Lipinski definition) is 4. The van der Waals surface area contributed by atoms with Gasteiger partial charge >= 0.3 is 5.97 Å². The monoisotopic (exact) mass is 401 g/mol. The third-order valence-corrected chi connectivity index (χ3v) is 5.18. The van der Waals surface area contributed by atoms with Crippen LogP contribution in [0.1, 0.15) is 30.4 Å². The molecule has 0 aromatic heterocycles. The molecule has 2 aromatic carbocycles. The molecule has 3 N–H and O–H groups in total. The Labute approximate surface area is 172 Å². The number of hydrogen-bond donors (Lipinski definition) is 2. The fraction of sp³-hybridized carbons (Fsp3) is 0.364. The van der Waals surface area contributed by atoms with E-state index in [1.54, 1.807) is 0 Å². The molecule has 5 nitrogen and oxygen atoms in total. The average molecular weight is 402 g/mol. The van der Waals surface area contributed by atoms with Gasteiger partial charge in [-0.2, -0.15) is 0 Å². The number of nitrogens with two attached hydrogens (primary N) is 1. The van der Waals surface area contributed by atoms with Crippen LogP contribution in [0.3, 0.4) is 0 Å². The van der Waals surface area contributed by atoms with E-state index in [0.717, 1.165) is 49.2 Å². The highest BCUT2D eigenvalue weighted by Gasteiger charge is 2.22. The van der Waals surface area contributed by atoms with Gasteiger partial charge in [-0.15, -0.1) is 12.4 Å². The number of carbonyl (C=O) groups is 1. The van der Waals surface area contributed by atoms with Gasteiger partial charge in [0.1, 0.15) is 5.84 Å². The van der Waals surface area contributed by atoms with Gasteiger partial charge in [0, 0.05) is 25.1 Å². The summed E-state index contributed by atoms with van der Waals surface area (Å²) in [5.74, 6) is 0.371. The van der Waals surface area contributed by atoms with E-state index in [0.29, 0.717) is 12.3 Å². The Balaban J connectivity index is 0.00000280. The summed E-state index contributed by atoms with van der Waals surface area (Å²) in [6.07, 6.45) is 2.74. The molecule has 0 saturated carbocycles. The van der Waals surface area contributed by atoms with Crippen molar-refractivity contribution in [3.05, 3.63) is 59.7 Å². The summed E-state index contributed by atoms with van der Waals surface area (Å²) >= 11 is 0. The van der Waals surface area contributed by atoms with Gasteiger partial charge in [0.05, 0.1) is 7.11 Å². The molecule has 0 amide bonds. The van der Waals surface area contributed by atoms with Gasteiger partial charge in [0.15, 0.2) is 0 Å². The fourth-order valence-corrected chi connectivity index (χ4v) is 3.68. The Hall–Kier alpha value is -2.37. The first-order chi connectivity index (χ1) is 13.0. The first-order valence-electron chi connectivity index (χ1n) is 9.38. The van der Waals surface area contributed by atoms with Crippen LogP contribution in [0.25, 0.3) is 11.1 Å². The average Bonchev–Trinajstić information content (AvgIpc) is 2.69. The second kappa shape index (κ2) is 10.2. The summed E-state index contributed by atoms with van der Waals surface area (Å²) in [6, 6.07) is 16.3. The molecule has 1 unspecified atom stereocenters. The third-order valence-electron chi connectivity index (χ3n) is 5.18. The molecule has 1 aliphatic rings. The number of nitrogen functional groups attached to an aromatic ring is 1. The zero-order chi connectivity index (χ0) is 19.2. The molecule has 6 heteroatoms. The maximum Gasteiger partial charge on any atom is 0.305 e. The van der Waals surface area contributed by atoms with E-state index in [1.165, 1.54) is 12.7 Å². The summed E-state index contributed by atoms with van der Waals surface area (Å²) in [6.45, 7) is 2.93. The van der Waals surface area contributed by atoms with Crippen LogP contribution in [-0.4, -0.2) is 36.9 Å². The van der Waals surface area contributed by atoms with Gasteiger partial charge in [-0.3, -0.25) is 15.1 Å². The number of halogens is 1. The second-order valence-corrected chi connectivity index (χ2v) is 7.21. The van der Waals surface area contributed by atoms with E-state index >= 15 is 0 Å². The van der Waals surface area contributed by atoms with Crippen LogP contribution in [0.2, 0.25) is 0 Å². The largest absolute Gasteiger partial charge is 0.469 e. The number of benzene rings is 2. The molecule has 150 valence electrons. The number of methoxy groups -OCH3 is 1. The fourth-order valence-electron chi connectivity index (χ4n) is 3.68. The first kappa shape index (κ1) is 21.9. The SMILES string of the molecule is COC(=O)CC1CCCN(Cc2ccc(-c3ccc(C(=N)N)cc3)cc2)C1.Cl. The maximum atomic E-state index is 11.5. The highest BCUT2D eigenvalue weighted by molar-refractivity contribution is 5.95. The summed E-state index contributed by atoms with van der Waals surface area (Å²) in [4.78, 5) is 13.9. The lowest BCUT2D eigenvalue weighted by Gasteiger charge is -2.32. The number of piperidine rings is 1. The Morgan fingerprint density at radius 2 is 1.75 bits per heavy atom. The van der Waals surface area contributed by atoms with Gasteiger partial charge in [0.25, 0.3) is 0 Å². The molecule has 2 aromatic rings. The van der Waals surface area contributed by atoms with Gasteiger partial charge in [-0.25, -0.2) is 0 Å². The van der Waals surface area contributed by atoms with Crippen LogP contribution < -0.4 is 5.73 Å². The number of carbonyl (C=O) groups excluding carboxylic acids is 1. The van der Waals surface area contributed by atoms with Crippen molar-refractivity contribution in [2.24, 2.45) is 11.7 Å². The Morgan fingerprint density at radius 3 is 2.32 bits per heavy atom. The second-order valence-electron chi connectivity index (χ2n) is 7.21. The van der Waals surface area contributed by atoms with Gasteiger partial charge in [-0.05, 0) is 42.0 Å². The zero-order valence-corrected chi connectivity index (χ0v) is 17.0. The minimum Gasteiger partial charge on any atom is -0.469 e. The minimum absolute atomic E-state index is 0. The van der Waals surface area contributed by atoms with Crippen molar-refractivity contribution in [2.75, 3.05) is 20.2 Å². The van der Waals surface area contributed by atoms with E-state index in [-0.39, 0.29) is 24.2 Å². The molecule has 1 heterocycles. The third kappa shape index (κ3) is 5.81. The molecule has 0 spiro atoms. The van der Waals surface area contributed by atoms with Crippen molar-refractivity contribution in [1.29, 1.82) is 5.41 Å². The quantitative estimate of drug-likeness (QED) is 0.438. The summed E-state index contributed by atoms with van der Waals surface area (Å²) in [7, 11) is 1.46. The standard InChI is InChI=1S/C22H27N3O2.ClH/c1-27-21(26)13-17-3-2-12-25(15-17)14-16-4-6-18(7-5-16)19-8-10-20(11-9-19)22(23)24;/h4-11,17H,2-3,12-15H2,1H3,(H3,23,24);1H. The number of nitrogens with zero attached hydrogens (tertiary/aromatic N) is 1. The number of likely N-dealkylation sites (tertiary alicyclic amines) is 1. The molecule has 0 bridgehead atoms. The molecule has 1 fully saturated rings. The lowest BCUT2D eigenvalue weighted by atomic mass is 9.94.